The Morgan fingerprint density at radius 1 is 1.11 bits per heavy atom. The Kier molecular flexibility index (Phi) is 2.93. The highest BCUT2D eigenvalue weighted by Crippen LogP contribution is 2.22. The van der Waals surface area contributed by atoms with E-state index >= 15 is 0 Å². The maximum atomic E-state index is 13.1. The molecule has 0 aliphatic heterocycles. The zero-order valence-corrected chi connectivity index (χ0v) is 9.15. The summed E-state index contributed by atoms with van der Waals surface area (Å²) in [5.41, 5.74) is 11.3. The van der Waals surface area contributed by atoms with E-state index in [2.05, 4.69) is 4.98 Å². The number of benzene rings is 1. The number of halogens is 2. The van der Waals surface area contributed by atoms with E-state index in [-0.39, 0.29) is 17.1 Å². The molecule has 1 aromatic heterocycles. The molecule has 1 aromatic carbocycles. The summed E-state index contributed by atoms with van der Waals surface area (Å²) in [5.74, 6) is -2.73. The standard InChI is InChI=1S/C12H9F2N3O/c13-7-2-1-6(5-8(7)14)10-4-3-9(15)11(17-10)12(16)18/h1-5H,15H2,(H2,16,18). The highest BCUT2D eigenvalue weighted by atomic mass is 19.2. The molecule has 2 aromatic rings. The lowest BCUT2D eigenvalue weighted by Crippen LogP contribution is -2.15. The molecule has 92 valence electrons. The molecule has 1 amide bonds. The zero-order valence-electron chi connectivity index (χ0n) is 9.15. The van der Waals surface area contributed by atoms with Gasteiger partial charge < -0.3 is 11.5 Å². The molecule has 0 saturated heterocycles. The van der Waals surface area contributed by atoms with E-state index in [0.29, 0.717) is 5.56 Å². The van der Waals surface area contributed by atoms with Crippen LogP contribution in [0.15, 0.2) is 30.3 Å². The first kappa shape index (κ1) is 12.0. The fraction of sp³-hybridized carbons (Fsp3) is 0. The largest absolute Gasteiger partial charge is 0.397 e. The number of aromatic nitrogens is 1. The van der Waals surface area contributed by atoms with Crippen molar-refractivity contribution >= 4 is 11.6 Å². The average molecular weight is 249 g/mol. The van der Waals surface area contributed by atoms with Crippen LogP contribution in [-0.4, -0.2) is 10.9 Å². The van der Waals surface area contributed by atoms with Crippen molar-refractivity contribution in [1.29, 1.82) is 0 Å². The highest BCUT2D eigenvalue weighted by Gasteiger charge is 2.11. The van der Waals surface area contributed by atoms with Crippen molar-refractivity contribution in [3.05, 3.63) is 47.7 Å². The third-order valence-corrected chi connectivity index (χ3v) is 2.38. The molecule has 0 atom stereocenters. The molecule has 6 heteroatoms. The Balaban J connectivity index is 2.54. The molecular formula is C12H9F2N3O. The molecule has 0 aliphatic carbocycles. The smallest absolute Gasteiger partial charge is 0.269 e. The number of carbonyl (C=O) groups excluding carboxylic acids is 1. The number of rotatable bonds is 2. The van der Waals surface area contributed by atoms with E-state index in [1.54, 1.807) is 0 Å². The Hall–Kier alpha value is -2.50. The first-order valence-electron chi connectivity index (χ1n) is 5.01. The molecule has 0 radical (unpaired) electrons. The van der Waals surface area contributed by atoms with Crippen LogP contribution in [0.1, 0.15) is 10.5 Å². The van der Waals surface area contributed by atoms with Crippen LogP contribution in [0.2, 0.25) is 0 Å². The minimum Gasteiger partial charge on any atom is -0.397 e. The number of pyridine rings is 1. The van der Waals surface area contributed by atoms with Gasteiger partial charge in [0.15, 0.2) is 17.3 Å². The molecule has 0 unspecified atom stereocenters. The van der Waals surface area contributed by atoms with Gasteiger partial charge in [0.05, 0.1) is 11.4 Å². The Bertz CT molecular complexity index is 629. The summed E-state index contributed by atoms with van der Waals surface area (Å²) in [6.45, 7) is 0. The normalized spacial score (nSPS) is 10.3. The first-order chi connectivity index (χ1) is 8.49. The lowest BCUT2D eigenvalue weighted by molar-refractivity contribution is 0.0996. The number of nitrogens with zero attached hydrogens (tertiary/aromatic N) is 1. The van der Waals surface area contributed by atoms with Crippen molar-refractivity contribution in [2.45, 2.75) is 0 Å². The van der Waals surface area contributed by atoms with Gasteiger partial charge in [0.1, 0.15) is 0 Å². The fourth-order valence-electron chi connectivity index (χ4n) is 1.48. The van der Waals surface area contributed by atoms with Gasteiger partial charge in [-0.25, -0.2) is 13.8 Å². The molecule has 4 N–H and O–H groups in total. The molecule has 4 nitrogen and oxygen atoms in total. The minimum atomic E-state index is -0.994. The molecule has 0 bridgehead atoms. The minimum absolute atomic E-state index is 0.0998. The van der Waals surface area contributed by atoms with Gasteiger partial charge in [-0.3, -0.25) is 4.79 Å². The quantitative estimate of drug-likeness (QED) is 0.849. The van der Waals surface area contributed by atoms with Gasteiger partial charge in [0.2, 0.25) is 0 Å². The monoisotopic (exact) mass is 249 g/mol. The van der Waals surface area contributed by atoms with E-state index in [1.165, 1.54) is 18.2 Å². The third kappa shape index (κ3) is 2.13. The molecule has 0 saturated carbocycles. The van der Waals surface area contributed by atoms with Crippen LogP contribution in [0.3, 0.4) is 0 Å². The van der Waals surface area contributed by atoms with Crippen molar-refractivity contribution in [3.63, 3.8) is 0 Å². The van der Waals surface area contributed by atoms with Crippen molar-refractivity contribution in [1.82, 2.24) is 4.98 Å². The average Bonchev–Trinajstić information content (AvgIpc) is 2.33. The summed E-state index contributed by atoms with van der Waals surface area (Å²) in [4.78, 5) is 15.0. The maximum absolute atomic E-state index is 13.1. The second-order valence-corrected chi connectivity index (χ2v) is 3.63. The number of primary amides is 1. The topological polar surface area (TPSA) is 82.0 Å². The van der Waals surface area contributed by atoms with E-state index in [9.17, 15) is 13.6 Å². The first-order valence-corrected chi connectivity index (χ1v) is 5.01. The number of nitrogens with two attached hydrogens (primary N) is 2. The number of anilines is 1. The number of nitrogen functional groups attached to an aromatic ring is 1. The van der Waals surface area contributed by atoms with Gasteiger partial charge in [0, 0.05) is 5.56 Å². The predicted molar refractivity (Wildman–Crippen MR) is 62.5 cm³/mol. The molecule has 0 aliphatic rings. The van der Waals surface area contributed by atoms with Crippen molar-refractivity contribution in [2.75, 3.05) is 5.73 Å². The summed E-state index contributed by atoms with van der Waals surface area (Å²) in [6, 6.07) is 6.24. The highest BCUT2D eigenvalue weighted by molar-refractivity contribution is 5.96. The van der Waals surface area contributed by atoms with Crippen molar-refractivity contribution < 1.29 is 13.6 Å². The number of amides is 1. The second kappa shape index (κ2) is 4.40. The van der Waals surface area contributed by atoms with Crippen LogP contribution >= 0.6 is 0 Å². The lowest BCUT2D eigenvalue weighted by atomic mass is 10.1. The van der Waals surface area contributed by atoms with Gasteiger partial charge in [-0.15, -0.1) is 0 Å². The van der Waals surface area contributed by atoms with E-state index in [0.717, 1.165) is 12.1 Å². The van der Waals surface area contributed by atoms with Crippen LogP contribution in [-0.2, 0) is 0 Å². The summed E-state index contributed by atoms with van der Waals surface area (Å²) >= 11 is 0. The second-order valence-electron chi connectivity index (χ2n) is 3.63. The maximum Gasteiger partial charge on any atom is 0.269 e. The summed E-state index contributed by atoms with van der Waals surface area (Å²) in [5, 5.41) is 0. The van der Waals surface area contributed by atoms with E-state index in [4.69, 9.17) is 11.5 Å². The summed E-state index contributed by atoms with van der Waals surface area (Å²) < 4.78 is 25.9. The molecule has 0 fully saturated rings. The van der Waals surface area contributed by atoms with Crippen molar-refractivity contribution in [3.8, 4) is 11.3 Å². The zero-order chi connectivity index (χ0) is 13.3. The van der Waals surface area contributed by atoms with Crippen LogP contribution in [0.4, 0.5) is 14.5 Å². The van der Waals surface area contributed by atoms with Crippen LogP contribution in [0.25, 0.3) is 11.3 Å². The molecule has 18 heavy (non-hydrogen) atoms. The van der Waals surface area contributed by atoms with Gasteiger partial charge in [-0.2, -0.15) is 0 Å². The summed E-state index contributed by atoms with van der Waals surface area (Å²) in [6.07, 6.45) is 0. The third-order valence-electron chi connectivity index (χ3n) is 2.38. The number of hydrogen-bond acceptors (Lipinski definition) is 3. The van der Waals surface area contributed by atoms with Gasteiger partial charge in [-0.05, 0) is 30.3 Å². The lowest BCUT2D eigenvalue weighted by Gasteiger charge is -2.05. The Morgan fingerprint density at radius 3 is 2.44 bits per heavy atom. The van der Waals surface area contributed by atoms with Crippen LogP contribution in [0, 0.1) is 11.6 Å². The van der Waals surface area contributed by atoms with E-state index in [1.807, 2.05) is 0 Å². The fourth-order valence-corrected chi connectivity index (χ4v) is 1.48. The van der Waals surface area contributed by atoms with Crippen LogP contribution in [0.5, 0.6) is 0 Å². The molecule has 0 spiro atoms. The van der Waals surface area contributed by atoms with Gasteiger partial charge >= 0.3 is 0 Å². The van der Waals surface area contributed by atoms with Crippen molar-refractivity contribution in [2.24, 2.45) is 5.73 Å². The van der Waals surface area contributed by atoms with E-state index < -0.39 is 17.5 Å². The predicted octanol–water partition coefficient (Wildman–Crippen LogP) is 1.71. The number of hydrogen-bond donors (Lipinski definition) is 2. The number of carbonyl (C=O) groups is 1. The Labute approximate surface area is 101 Å². The summed E-state index contributed by atoms with van der Waals surface area (Å²) in [7, 11) is 0. The van der Waals surface area contributed by atoms with Crippen LogP contribution < -0.4 is 11.5 Å². The van der Waals surface area contributed by atoms with Gasteiger partial charge in [0.25, 0.3) is 5.91 Å². The SMILES string of the molecule is NC(=O)c1nc(-c2ccc(F)c(F)c2)ccc1N. The molecule has 1 heterocycles. The van der Waals surface area contributed by atoms with Gasteiger partial charge in [-0.1, -0.05) is 0 Å². The molecule has 2 rings (SSSR count). The molecular weight excluding hydrogens is 240 g/mol. The Morgan fingerprint density at radius 2 is 1.83 bits per heavy atom.